The van der Waals surface area contributed by atoms with Gasteiger partial charge in [-0.1, -0.05) is 41.4 Å². The normalized spacial score (nSPS) is 14.6. The predicted octanol–water partition coefficient (Wildman–Crippen LogP) is 4.39. The van der Waals surface area contributed by atoms with Crippen molar-refractivity contribution in [2.45, 2.75) is 17.4 Å². The molecule has 1 unspecified atom stereocenters. The van der Waals surface area contributed by atoms with Gasteiger partial charge in [0.2, 0.25) is 10.0 Å². The van der Waals surface area contributed by atoms with E-state index in [1.807, 2.05) is 30.3 Å². The largest absolute Gasteiger partial charge is 0.383 e. The summed E-state index contributed by atoms with van der Waals surface area (Å²) in [4.78, 5) is 0.558. The molecule has 0 aliphatic rings. The van der Waals surface area contributed by atoms with Gasteiger partial charge in [-0.25, -0.2) is 13.1 Å². The van der Waals surface area contributed by atoms with E-state index in [9.17, 15) is 13.5 Å². The standard InChI is InChI=1S/C17H15Cl2NO3S2/c1-17(21,16-8-11-4-2-3-5-14(11)24-16)10-20-25(22,23)15-9-12(18)6-7-13(15)19/h2-9,20-21H,10H2,1H3. The summed E-state index contributed by atoms with van der Waals surface area (Å²) in [6, 6.07) is 13.8. The van der Waals surface area contributed by atoms with Crippen molar-refractivity contribution < 1.29 is 13.5 Å². The summed E-state index contributed by atoms with van der Waals surface area (Å²) in [5.74, 6) is 0. The molecule has 0 spiro atoms. The van der Waals surface area contributed by atoms with Crippen LogP contribution in [0, 0.1) is 0 Å². The molecule has 0 amide bonds. The molecule has 1 atom stereocenters. The molecule has 0 bridgehead atoms. The van der Waals surface area contributed by atoms with Crippen LogP contribution < -0.4 is 4.72 Å². The minimum atomic E-state index is -3.91. The number of sulfonamides is 1. The van der Waals surface area contributed by atoms with Crippen molar-refractivity contribution in [1.82, 2.24) is 4.72 Å². The van der Waals surface area contributed by atoms with Crippen LogP contribution in [0.15, 0.2) is 53.4 Å². The van der Waals surface area contributed by atoms with Crippen LogP contribution in [0.2, 0.25) is 10.0 Å². The zero-order chi connectivity index (χ0) is 18.2. The molecule has 0 radical (unpaired) electrons. The topological polar surface area (TPSA) is 66.4 Å². The van der Waals surface area contributed by atoms with Crippen LogP contribution in [0.3, 0.4) is 0 Å². The van der Waals surface area contributed by atoms with Crippen LogP contribution in [0.5, 0.6) is 0 Å². The maximum Gasteiger partial charge on any atom is 0.242 e. The van der Waals surface area contributed by atoms with E-state index in [1.165, 1.54) is 29.5 Å². The van der Waals surface area contributed by atoms with E-state index >= 15 is 0 Å². The maximum absolute atomic E-state index is 12.5. The van der Waals surface area contributed by atoms with Gasteiger partial charge in [-0.3, -0.25) is 0 Å². The van der Waals surface area contributed by atoms with Crippen molar-refractivity contribution in [3.8, 4) is 0 Å². The first-order valence-corrected chi connectivity index (χ1v) is 10.4. The monoisotopic (exact) mass is 415 g/mol. The molecule has 0 saturated heterocycles. The zero-order valence-electron chi connectivity index (χ0n) is 13.2. The minimum absolute atomic E-state index is 0.0680. The van der Waals surface area contributed by atoms with Crippen molar-refractivity contribution in [3.63, 3.8) is 0 Å². The van der Waals surface area contributed by atoms with Crippen LogP contribution in [0.1, 0.15) is 11.8 Å². The highest BCUT2D eigenvalue weighted by Gasteiger charge is 2.29. The van der Waals surface area contributed by atoms with Gasteiger partial charge in [0.25, 0.3) is 0 Å². The highest BCUT2D eigenvalue weighted by molar-refractivity contribution is 7.89. The van der Waals surface area contributed by atoms with E-state index < -0.39 is 15.6 Å². The summed E-state index contributed by atoms with van der Waals surface area (Å²) < 4.78 is 28.4. The van der Waals surface area contributed by atoms with Crippen LogP contribution in [0.25, 0.3) is 10.1 Å². The minimum Gasteiger partial charge on any atom is -0.383 e. The first-order chi connectivity index (χ1) is 11.7. The van der Waals surface area contributed by atoms with Gasteiger partial charge >= 0.3 is 0 Å². The molecule has 2 aromatic carbocycles. The van der Waals surface area contributed by atoms with Gasteiger partial charge in [0.05, 0.1) is 5.02 Å². The lowest BCUT2D eigenvalue weighted by atomic mass is 10.1. The molecular weight excluding hydrogens is 401 g/mol. The third-order valence-electron chi connectivity index (χ3n) is 3.75. The van der Waals surface area contributed by atoms with Gasteiger partial charge in [-0.05, 0) is 42.6 Å². The number of fused-ring (bicyclic) bond motifs is 1. The predicted molar refractivity (Wildman–Crippen MR) is 103 cm³/mol. The summed E-state index contributed by atoms with van der Waals surface area (Å²) in [6.07, 6.45) is 0. The Kier molecular flexibility index (Phi) is 5.12. The fourth-order valence-corrected chi connectivity index (χ4v) is 5.33. The molecule has 4 nitrogen and oxygen atoms in total. The van der Waals surface area contributed by atoms with Gasteiger partial charge in [-0.15, -0.1) is 11.3 Å². The number of hydrogen-bond acceptors (Lipinski definition) is 4. The molecule has 0 saturated carbocycles. The van der Waals surface area contributed by atoms with Crippen molar-refractivity contribution in [3.05, 3.63) is 63.5 Å². The second-order valence-corrected chi connectivity index (χ2v) is 9.48. The molecule has 132 valence electrons. The van der Waals surface area contributed by atoms with Crippen molar-refractivity contribution in [2.24, 2.45) is 0 Å². The van der Waals surface area contributed by atoms with E-state index in [-0.39, 0.29) is 21.5 Å². The van der Waals surface area contributed by atoms with Gasteiger partial charge < -0.3 is 5.11 Å². The lowest BCUT2D eigenvalue weighted by Gasteiger charge is -2.22. The van der Waals surface area contributed by atoms with E-state index in [1.54, 1.807) is 6.92 Å². The average Bonchev–Trinajstić information content (AvgIpc) is 3.00. The van der Waals surface area contributed by atoms with E-state index in [0.717, 1.165) is 10.1 Å². The van der Waals surface area contributed by atoms with Gasteiger partial charge in [-0.2, -0.15) is 0 Å². The summed E-state index contributed by atoms with van der Waals surface area (Å²) in [6.45, 7) is 1.38. The number of benzene rings is 2. The lowest BCUT2D eigenvalue weighted by molar-refractivity contribution is 0.0666. The van der Waals surface area contributed by atoms with Crippen molar-refractivity contribution in [1.29, 1.82) is 0 Å². The molecule has 1 aromatic heterocycles. The Morgan fingerprint density at radius 2 is 1.88 bits per heavy atom. The molecule has 0 aliphatic carbocycles. The summed E-state index contributed by atoms with van der Waals surface area (Å²) in [5.41, 5.74) is -1.36. The smallest absolute Gasteiger partial charge is 0.242 e. The fraction of sp³-hybridized carbons (Fsp3) is 0.176. The summed E-state index contributed by atoms with van der Waals surface area (Å²) in [5, 5.41) is 12.1. The SMILES string of the molecule is CC(O)(CNS(=O)(=O)c1cc(Cl)ccc1Cl)c1cc2ccccc2s1. The maximum atomic E-state index is 12.5. The van der Waals surface area contributed by atoms with E-state index in [2.05, 4.69) is 4.72 Å². The Hall–Kier alpha value is -1.15. The van der Waals surface area contributed by atoms with Crippen LogP contribution in [-0.4, -0.2) is 20.1 Å². The molecular formula is C17H15Cl2NO3S2. The molecule has 3 rings (SSSR count). The Morgan fingerprint density at radius 1 is 1.16 bits per heavy atom. The lowest BCUT2D eigenvalue weighted by Crippen LogP contribution is -2.38. The van der Waals surface area contributed by atoms with Crippen molar-refractivity contribution >= 4 is 54.6 Å². The number of halogens is 2. The molecule has 3 aromatic rings. The quantitative estimate of drug-likeness (QED) is 0.648. The zero-order valence-corrected chi connectivity index (χ0v) is 16.3. The second-order valence-electron chi connectivity index (χ2n) is 5.82. The molecule has 0 aliphatic heterocycles. The highest BCUT2D eigenvalue weighted by Crippen LogP contribution is 2.33. The number of aliphatic hydroxyl groups is 1. The average molecular weight is 416 g/mol. The second kappa shape index (κ2) is 6.87. The van der Waals surface area contributed by atoms with Gasteiger partial charge in [0.1, 0.15) is 10.5 Å². The van der Waals surface area contributed by atoms with Gasteiger partial charge in [0.15, 0.2) is 0 Å². The number of nitrogens with one attached hydrogen (secondary N) is 1. The number of rotatable bonds is 5. The Labute approximate surface area is 160 Å². The Balaban J connectivity index is 1.84. The van der Waals surface area contributed by atoms with Crippen LogP contribution in [0.4, 0.5) is 0 Å². The van der Waals surface area contributed by atoms with Gasteiger partial charge in [0, 0.05) is 21.1 Å². The Morgan fingerprint density at radius 3 is 2.60 bits per heavy atom. The third kappa shape index (κ3) is 4.00. The highest BCUT2D eigenvalue weighted by atomic mass is 35.5. The number of thiophene rings is 1. The van der Waals surface area contributed by atoms with Crippen molar-refractivity contribution in [2.75, 3.05) is 6.54 Å². The molecule has 0 fully saturated rings. The summed E-state index contributed by atoms with van der Waals surface area (Å²) >= 11 is 13.2. The molecule has 2 N–H and O–H groups in total. The van der Waals surface area contributed by atoms with E-state index in [0.29, 0.717) is 4.88 Å². The first-order valence-electron chi connectivity index (χ1n) is 7.35. The molecule has 25 heavy (non-hydrogen) atoms. The third-order valence-corrected chi connectivity index (χ3v) is 7.23. The molecule has 8 heteroatoms. The fourth-order valence-electron chi connectivity index (χ4n) is 2.33. The Bertz CT molecular complexity index is 996. The van der Waals surface area contributed by atoms with Crippen LogP contribution >= 0.6 is 34.5 Å². The van der Waals surface area contributed by atoms with Crippen LogP contribution in [-0.2, 0) is 15.6 Å². The van der Waals surface area contributed by atoms with E-state index in [4.69, 9.17) is 23.2 Å². The first kappa shape index (κ1) is 18.6. The summed E-state index contributed by atoms with van der Waals surface area (Å²) in [7, 11) is -3.91. The molecule has 1 heterocycles. The number of hydrogen-bond donors (Lipinski definition) is 2.